The van der Waals surface area contributed by atoms with Crippen molar-refractivity contribution in [3.63, 3.8) is 0 Å². The minimum atomic E-state index is -0.385. The maximum absolute atomic E-state index is 12.4. The molecule has 0 atom stereocenters. The fourth-order valence-corrected chi connectivity index (χ4v) is 2.27. The van der Waals surface area contributed by atoms with Crippen molar-refractivity contribution < 1.29 is 9.53 Å². The molecule has 0 aromatic heterocycles. The number of ether oxygens (including phenoxy) is 1. The first-order valence-corrected chi connectivity index (χ1v) is 7.92. The van der Waals surface area contributed by atoms with Crippen LogP contribution in [0, 0.1) is 11.3 Å². The van der Waals surface area contributed by atoms with Crippen molar-refractivity contribution in [2.24, 2.45) is 5.10 Å². The molecule has 0 aliphatic carbocycles. The zero-order chi connectivity index (χ0) is 18.2. The van der Waals surface area contributed by atoms with E-state index in [1.807, 2.05) is 30.3 Å². The lowest BCUT2D eigenvalue weighted by Crippen LogP contribution is -2.18. The number of hydrazone groups is 1. The van der Waals surface area contributed by atoms with Gasteiger partial charge in [0.1, 0.15) is 11.5 Å². The second-order valence-corrected chi connectivity index (χ2v) is 5.35. The lowest BCUT2D eigenvalue weighted by atomic mass is 10.1. The molecule has 5 nitrogen and oxygen atoms in total. The standard InChI is InChI=1S/C21H15N3O2/c22-14-16-7-6-8-17(13-16)15-23-24-21(25)19-11-4-5-12-20(19)26-18-9-2-1-3-10-18/h1-13,15H,(H,24,25)/b23-15+. The molecular formula is C21H15N3O2. The number of carbonyl (C=O) groups excluding carboxylic acids is 1. The van der Waals surface area contributed by atoms with Crippen LogP contribution >= 0.6 is 0 Å². The Balaban J connectivity index is 1.72. The van der Waals surface area contributed by atoms with Gasteiger partial charge in [0.05, 0.1) is 23.4 Å². The van der Waals surface area contributed by atoms with Crippen molar-refractivity contribution in [2.45, 2.75) is 0 Å². The molecular weight excluding hydrogens is 326 g/mol. The van der Waals surface area contributed by atoms with Crippen LogP contribution in [0.4, 0.5) is 0 Å². The third-order valence-corrected chi connectivity index (χ3v) is 3.50. The molecule has 0 bridgehead atoms. The summed E-state index contributed by atoms with van der Waals surface area (Å²) >= 11 is 0. The van der Waals surface area contributed by atoms with Crippen molar-refractivity contribution >= 4 is 12.1 Å². The summed E-state index contributed by atoms with van der Waals surface area (Å²) < 4.78 is 5.78. The van der Waals surface area contributed by atoms with Gasteiger partial charge in [-0.05, 0) is 42.0 Å². The molecule has 0 fully saturated rings. The van der Waals surface area contributed by atoms with Crippen LogP contribution in [0.25, 0.3) is 0 Å². The van der Waals surface area contributed by atoms with E-state index in [0.29, 0.717) is 22.6 Å². The Bertz CT molecular complexity index is 976. The van der Waals surface area contributed by atoms with Gasteiger partial charge in [-0.2, -0.15) is 10.4 Å². The maximum Gasteiger partial charge on any atom is 0.275 e. The topological polar surface area (TPSA) is 74.5 Å². The molecule has 3 aromatic rings. The van der Waals surface area contributed by atoms with Gasteiger partial charge in [-0.25, -0.2) is 5.43 Å². The number of rotatable bonds is 5. The van der Waals surface area contributed by atoms with Crippen LogP contribution in [-0.4, -0.2) is 12.1 Å². The van der Waals surface area contributed by atoms with E-state index in [4.69, 9.17) is 10.00 Å². The average molecular weight is 341 g/mol. The Morgan fingerprint density at radius 2 is 1.77 bits per heavy atom. The Morgan fingerprint density at radius 3 is 2.58 bits per heavy atom. The number of nitriles is 1. The quantitative estimate of drug-likeness (QED) is 0.560. The number of nitrogens with zero attached hydrogens (tertiary/aromatic N) is 2. The molecule has 3 rings (SSSR count). The number of amides is 1. The smallest absolute Gasteiger partial charge is 0.275 e. The van der Waals surface area contributed by atoms with E-state index in [1.54, 1.807) is 48.5 Å². The molecule has 0 aliphatic rings. The van der Waals surface area contributed by atoms with E-state index in [2.05, 4.69) is 16.6 Å². The highest BCUT2D eigenvalue weighted by molar-refractivity contribution is 5.97. The van der Waals surface area contributed by atoms with Gasteiger partial charge in [-0.1, -0.05) is 42.5 Å². The first-order valence-electron chi connectivity index (χ1n) is 7.92. The third kappa shape index (κ3) is 4.34. The van der Waals surface area contributed by atoms with Crippen LogP contribution in [0.5, 0.6) is 11.5 Å². The molecule has 3 aromatic carbocycles. The van der Waals surface area contributed by atoms with Gasteiger partial charge in [-0.3, -0.25) is 4.79 Å². The van der Waals surface area contributed by atoms with Crippen LogP contribution < -0.4 is 10.2 Å². The molecule has 0 saturated heterocycles. The van der Waals surface area contributed by atoms with Crippen LogP contribution in [0.3, 0.4) is 0 Å². The number of hydrogen-bond donors (Lipinski definition) is 1. The Morgan fingerprint density at radius 1 is 1.00 bits per heavy atom. The first-order chi connectivity index (χ1) is 12.8. The molecule has 0 aliphatic heterocycles. The van der Waals surface area contributed by atoms with Gasteiger partial charge in [0, 0.05) is 0 Å². The zero-order valence-electron chi connectivity index (χ0n) is 13.8. The lowest BCUT2D eigenvalue weighted by Gasteiger charge is -2.09. The van der Waals surface area contributed by atoms with E-state index >= 15 is 0 Å². The summed E-state index contributed by atoms with van der Waals surface area (Å²) in [5.74, 6) is 0.701. The second-order valence-electron chi connectivity index (χ2n) is 5.35. The maximum atomic E-state index is 12.4. The SMILES string of the molecule is N#Cc1cccc(/C=N/NC(=O)c2ccccc2Oc2ccccc2)c1. The Labute approximate surface area is 151 Å². The molecule has 0 radical (unpaired) electrons. The van der Waals surface area contributed by atoms with Crippen LogP contribution in [-0.2, 0) is 0 Å². The largest absolute Gasteiger partial charge is 0.457 e. The van der Waals surface area contributed by atoms with E-state index in [-0.39, 0.29) is 5.91 Å². The van der Waals surface area contributed by atoms with Crippen molar-refractivity contribution in [1.82, 2.24) is 5.43 Å². The normalized spacial score (nSPS) is 10.3. The predicted octanol–water partition coefficient (Wildman–Crippen LogP) is 4.11. The highest BCUT2D eigenvalue weighted by Crippen LogP contribution is 2.24. The summed E-state index contributed by atoms with van der Waals surface area (Å²) in [4.78, 5) is 12.4. The van der Waals surface area contributed by atoms with Crippen molar-refractivity contribution in [2.75, 3.05) is 0 Å². The van der Waals surface area contributed by atoms with E-state index in [1.165, 1.54) is 6.21 Å². The summed E-state index contributed by atoms with van der Waals surface area (Å²) in [6.07, 6.45) is 1.49. The molecule has 0 spiro atoms. The minimum Gasteiger partial charge on any atom is -0.457 e. The second kappa shape index (κ2) is 8.27. The van der Waals surface area contributed by atoms with Crippen LogP contribution in [0.15, 0.2) is 84.0 Å². The summed E-state index contributed by atoms with van der Waals surface area (Å²) in [7, 11) is 0. The van der Waals surface area contributed by atoms with Gasteiger partial charge in [0.2, 0.25) is 0 Å². The monoisotopic (exact) mass is 341 g/mol. The molecule has 26 heavy (non-hydrogen) atoms. The number of hydrogen-bond acceptors (Lipinski definition) is 4. The van der Waals surface area contributed by atoms with Gasteiger partial charge in [0.15, 0.2) is 0 Å². The predicted molar refractivity (Wildman–Crippen MR) is 99.2 cm³/mol. The minimum absolute atomic E-state index is 0.374. The van der Waals surface area contributed by atoms with Crippen LogP contribution in [0.2, 0.25) is 0 Å². The van der Waals surface area contributed by atoms with Crippen molar-refractivity contribution in [3.8, 4) is 17.6 Å². The fourth-order valence-electron chi connectivity index (χ4n) is 2.27. The van der Waals surface area contributed by atoms with E-state index in [0.717, 1.165) is 5.56 Å². The summed E-state index contributed by atoms with van der Waals surface area (Å²) in [6, 6.07) is 25.2. The number of nitrogens with one attached hydrogen (secondary N) is 1. The molecule has 0 saturated carbocycles. The number of para-hydroxylation sites is 2. The number of carbonyl (C=O) groups is 1. The van der Waals surface area contributed by atoms with Gasteiger partial charge in [0.25, 0.3) is 5.91 Å². The van der Waals surface area contributed by atoms with E-state index < -0.39 is 0 Å². The van der Waals surface area contributed by atoms with Gasteiger partial charge >= 0.3 is 0 Å². The lowest BCUT2D eigenvalue weighted by molar-refractivity contribution is 0.0953. The third-order valence-electron chi connectivity index (χ3n) is 3.50. The first kappa shape index (κ1) is 16.9. The van der Waals surface area contributed by atoms with Gasteiger partial charge < -0.3 is 4.74 Å². The molecule has 5 heteroatoms. The number of benzene rings is 3. The summed E-state index contributed by atoms with van der Waals surface area (Å²) in [5, 5.41) is 12.8. The molecule has 1 amide bonds. The summed E-state index contributed by atoms with van der Waals surface area (Å²) in [6.45, 7) is 0. The van der Waals surface area contributed by atoms with Gasteiger partial charge in [-0.15, -0.1) is 0 Å². The van der Waals surface area contributed by atoms with Crippen LogP contribution in [0.1, 0.15) is 21.5 Å². The van der Waals surface area contributed by atoms with Crippen molar-refractivity contribution in [3.05, 3.63) is 95.6 Å². The average Bonchev–Trinajstić information content (AvgIpc) is 2.69. The van der Waals surface area contributed by atoms with Crippen molar-refractivity contribution in [1.29, 1.82) is 5.26 Å². The van der Waals surface area contributed by atoms with E-state index in [9.17, 15) is 4.79 Å². The molecule has 1 N–H and O–H groups in total. The Kier molecular flexibility index (Phi) is 5.38. The fraction of sp³-hybridized carbons (Fsp3) is 0. The molecule has 0 heterocycles. The highest BCUT2D eigenvalue weighted by Gasteiger charge is 2.12. The Hall–Kier alpha value is -3.91. The zero-order valence-corrected chi connectivity index (χ0v) is 13.8. The highest BCUT2D eigenvalue weighted by atomic mass is 16.5. The molecule has 0 unspecified atom stereocenters. The summed E-state index contributed by atoms with van der Waals surface area (Å²) in [5.41, 5.74) is 4.10. The molecule has 126 valence electrons.